The van der Waals surface area contributed by atoms with Gasteiger partial charge in [0.1, 0.15) is 25.0 Å². The van der Waals surface area contributed by atoms with E-state index >= 15 is 0 Å². The predicted molar refractivity (Wildman–Crippen MR) is 92.3 cm³/mol. The quantitative estimate of drug-likeness (QED) is 0.800. The van der Waals surface area contributed by atoms with E-state index in [4.69, 9.17) is 0 Å². The fourth-order valence-electron chi connectivity index (χ4n) is 2.99. The Balaban J connectivity index is 1.60. The second-order valence-electron chi connectivity index (χ2n) is 6.26. The van der Waals surface area contributed by atoms with Gasteiger partial charge >= 0.3 is 5.69 Å². The van der Waals surface area contributed by atoms with Gasteiger partial charge in [-0.1, -0.05) is 6.92 Å². The fraction of sp³-hybridized carbons (Fsp3) is 0.562. The van der Waals surface area contributed by atoms with Gasteiger partial charge in [0.05, 0.1) is 0 Å². The minimum atomic E-state index is -0.298. The van der Waals surface area contributed by atoms with E-state index in [1.165, 1.54) is 10.9 Å². The molecule has 0 radical (unpaired) electrons. The lowest BCUT2D eigenvalue weighted by Crippen LogP contribution is -2.49. The van der Waals surface area contributed by atoms with E-state index in [1.807, 2.05) is 6.07 Å². The molecule has 1 fully saturated rings. The number of carbonyl (C=O) groups excluding carboxylic acids is 1. The van der Waals surface area contributed by atoms with Crippen molar-refractivity contribution in [2.45, 2.75) is 38.8 Å². The van der Waals surface area contributed by atoms with Crippen LogP contribution in [0.1, 0.15) is 25.5 Å². The third-order valence-electron chi connectivity index (χ3n) is 4.36. The summed E-state index contributed by atoms with van der Waals surface area (Å²) < 4.78 is 2.50. The van der Waals surface area contributed by atoms with Crippen LogP contribution in [0.4, 0.5) is 5.82 Å². The van der Waals surface area contributed by atoms with Crippen LogP contribution in [0.2, 0.25) is 0 Å². The van der Waals surface area contributed by atoms with Crippen LogP contribution in [-0.4, -0.2) is 49.4 Å². The summed E-state index contributed by atoms with van der Waals surface area (Å²) in [5, 5.41) is 6.91. The van der Waals surface area contributed by atoms with Gasteiger partial charge in [-0.25, -0.2) is 19.4 Å². The molecule has 0 unspecified atom stereocenters. The first kappa shape index (κ1) is 17.1. The van der Waals surface area contributed by atoms with Gasteiger partial charge in [0.15, 0.2) is 0 Å². The highest BCUT2D eigenvalue weighted by atomic mass is 16.2. The molecular formula is C16H23N7O2. The zero-order valence-electron chi connectivity index (χ0n) is 14.6. The Hall–Kier alpha value is -2.71. The summed E-state index contributed by atoms with van der Waals surface area (Å²) in [6, 6.07) is 2.03. The Morgan fingerprint density at radius 2 is 2.24 bits per heavy atom. The molecule has 0 aliphatic carbocycles. The van der Waals surface area contributed by atoms with Gasteiger partial charge in [-0.3, -0.25) is 9.36 Å². The molecule has 1 aliphatic rings. The number of carbonyl (C=O) groups is 1. The SMILES string of the molecule is CCc1cc(N2CCC[C@@H](NC(=O)Cn3ncn(C)c3=O)C2)ncn1. The van der Waals surface area contributed by atoms with E-state index in [0.717, 1.165) is 42.0 Å². The molecule has 3 rings (SSSR count). The number of aromatic nitrogens is 5. The number of hydrogen-bond acceptors (Lipinski definition) is 6. The second-order valence-corrected chi connectivity index (χ2v) is 6.26. The van der Waals surface area contributed by atoms with Crippen molar-refractivity contribution in [3.63, 3.8) is 0 Å². The number of hydrogen-bond donors (Lipinski definition) is 1. The molecule has 1 atom stereocenters. The Morgan fingerprint density at radius 3 is 2.96 bits per heavy atom. The van der Waals surface area contributed by atoms with Gasteiger partial charge in [-0.15, -0.1) is 0 Å². The van der Waals surface area contributed by atoms with Crippen molar-refractivity contribution in [3.05, 3.63) is 34.9 Å². The number of nitrogens with one attached hydrogen (secondary N) is 1. The maximum absolute atomic E-state index is 12.2. The highest BCUT2D eigenvalue weighted by molar-refractivity contribution is 5.76. The molecule has 0 bridgehead atoms. The maximum Gasteiger partial charge on any atom is 0.345 e. The van der Waals surface area contributed by atoms with Crippen LogP contribution in [0.3, 0.4) is 0 Å². The average molecular weight is 345 g/mol. The number of anilines is 1. The van der Waals surface area contributed by atoms with Crippen LogP contribution in [-0.2, 0) is 24.8 Å². The van der Waals surface area contributed by atoms with Gasteiger partial charge < -0.3 is 10.2 Å². The number of aryl methyl sites for hydroxylation is 2. The van der Waals surface area contributed by atoms with Crippen molar-refractivity contribution >= 4 is 11.7 Å². The van der Waals surface area contributed by atoms with E-state index < -0.39 is 0 Å². The molecule has 9 heteroatoms. The largest absolute Gasteiger partial charge is 0.354 e. The van der Waals surface area contributed by atoms with E-state index in [1.54, 1.807) is 13.4 Å². The standard InChI is InChI=1S/C16H23N7O2/c1-3-12-7-14(18-10-17-12)22-6-4-5-13(8-22)20-15(24)9-23-16(25)21(2)11-19-23/h7,10-11,13H,3-6,8-9H2,1-2H3,(H,20,24)/t13-/m1/s1. The zero-order chi connectivity index (χ0) is 17.8. The summed E-state index contributed by atoms with van der Waals surface area (Å²) in [7, 11) is 1.61. The van der Waals surface area contributed by atoms with Crippen LogP contribution in [0, 0.1) is 0 Å². The molecule has 2 aromatic heterocycles. The summed E-state index contributed by atoms with van der Waals surface area (Å²) in [6.45, 7) is 3.60. The Kier molecular flexibility index (Phi) is 5.11. The lowest BCUT2D eigenvalue weighted by atomic mass is 10.1. The molecule has 0 saturated carbocycles. The van der Waals surface area contributed by atoms with Gasteiger partial charge in [-0.2, -0.15) is 5.10 Å². The average Bonchev–Trinajstić information content (AvgIpc) is 2.94. The number of nitrogens with zero attached hydrogens (tertiary/aromatic N) is 6. The van der Waals surface area contributed by atoms with Crippen LogP contribution in [0.15, 0.2) is 23.5 Å². The van der Waals surface area contributed by atoms with Gasteiger partial charge in [0.2, 0.25) is 5.91 Å². The Morgan fingerprint density at radius 1 is 1.40 bits per heavy atom. The van der Waals surface area contributed by atoms with Crippen molar-refractivity contribution in [3.8, 4) is 0 Å². The third kappa shape index (κ3) is 4.04. The lowest BCUT2D eigenvalue weighted by Gasteiger charge is -2.34. The predicted octanol–water partition coefficient (Wildman–Crippen LogP) is -0.281. The van der Waals surface area contributed by atoms with Crippen LogP contribution >= 0.6 is 0 Å². The highest BCUT2D eigenvalue weighted by Gasteiger charge is 2.23. The van der Waals surface area contributed by atoms with Crippen LogP contribution < -0.4 is 15.9 Å². The second kappa shape index (κ2) is 7.45. The molecular weight excluding hydrogens is 322 g/mol. The first-order valence-corrected chi connectivity index (χ1v) is 8.50. The highest BCUT2D eigenvalue weighted by Crippen LogP contribution is 2.18. The molecule has 25 heavy (non-hydrogen) atoms. The molecule has 1 saturated heterocycles. The third-order valence-corrected chi connectivity index (χ3v) is 4.36. The first-order valence-electron chi connectivity index (χ1n) is 8.50. The molecule has 9 nitrogen and oxygen atoms in total. The zero-order valence-corrected chi connectivity index (χ0v) is 14.6. The number of rotatable bonds is 5. The monoisotopic (exact) mass is 345 g/mol. The summed E-state index contributed by atoms with van der Waals surface area (Å²) in [6.07, 6.45) is 5.73. The smallest absolute Gasteiger partial charge is 0.345 e. The minimum Gasteiger partial charge on any atom is -0.354 e. The molecule has 1 aliphatic heterocycles. The molecule has 0 aromatic carbocycles. The fourth-order valence-corrected chi connectivity index (χ4v) is 2.99. The molecule has 1 amide bonds. The van der Waals surface area contributed by atoms with E-state index in [-0.39, 0.29) is 24.2 Å². The van der Waals surface area contributed by atoms with Crippen LogP contribution in [0.5, 0.6) is 0 Å². The van der Waals surface area contributed by atoms with Crippen molar-refractivity contribution < 1.29 is 4.79 Å². The van der Waals surface area contributed by atoms with E-state index in [9.17, 15) is 9.59 Å². The topological polar surface area (TPSA) is 97.9 Å². The van der Waals surface area contributed by atoms with Gasteiger partial charge in [0.25, 0.3) is 0 Å². The van der Waals surface area contributed by atoms with Crippen molar-refractivity contribution in [2.75, 3.05) is 18.0 Å². The Bertz CT molecular complexity index is 798. The molecule has 1 N–H and O–H groups in total. The summed E-state index contributed by atoms with van der Waals surface area (Å²) in [5.41, 5.74) is 0.708. The van der Waals surface area contributed by atoms with Crippen molar-refractivity contribution in [1.29, 1.82) is 0 Å². The molecule has 134 valence electrons. The summed E-state index contributed by atoms with van der Waals surface area (Å²) in [4.78, 5) is 34.7. The van der Waals surface area contributed by atoms with E-state index in [0.29, 0.717) is 6.54 Å². The first-order chi connectivity index (χ1) is 12.1. The number of amides is 1. The normalized spacial score (nSPS) is 17.5. The molecule has 0 spiro atoms. The lowest BCUT2D eigenvalue weighted by molar-refractivity contribution is -0.122. The van der Waals surface area contributed by atoms with Gasteiger partial charge in [0, 0.05) is 37.9 Å². The van der Waals surface area contributed by atoms with E-state index in [2.05, 4.69) is 32.2 Å². The van der Waals surface area contributed by atoms with Gasteiger partial charge in [-0.05, 0) is 19.3 Å². The summed E-state index contributed by atoms with van der Waals surface area (Å²) in [5.74, 6) is 0.691. The molecule has 3 heterocycles. The van der Waals surface area contributed by atoms with Crippen molar-refractivity contribution in [2.24, 2.45) is 7.05 Å². The van der Waals surface area contributed by atoms with Crippen LogP contribution in [0.25, 0.3) is 0 Å². The van der Waals surface area contributed by atoms with Crippen molar-refractivity contribution in [1.82, 2.24) is 29.6 Å². The number of piperidine rings is 1. The maximum atomic E-state index is 12.2. The summed E-state index contributed by atoms with van der Waals surface area (Å²) >= 11 is 0. The Labute approximate surface area is 145 Å². The minimum absolute atomic E-state index is 0.0284. The molecule has 2 aromatic rings.